The number of cyclic esters (lactones) is 1. The highest BCUT2D eigenvalue weighted by Crippen LogP contribution is 2.30. The summed E-state index contributed by atoms with van der Waals surface area (Å²) in [5, 5.41) is 0. The van der Waals surface area contributed by atoms with Crippen molar-refractivity contribution in [3.05, 3.63) is 89.3 Å². The van der Waals surface area contributed by atoms with Crippen LogP contribution in [-0.2, 0) is 9.53 Å². The summed E-state index contributed by atoms with van der Waals surface area (Å²) in [7, 11) is 1.42. The van der Waals surface area contributed by atoms with Gasteiger partial charge in [0, 0.05) is 5.56 Å². The smallest absolute Gasteiger partial charge is 0.379 e. The molecule has 0 saturated heterocycles. The summed E-state index contributed by atoms with van der Waals surface area (Å²) in [5.74, 6) is -1.11. The molecule has 0 unspecified atom stereocenters. The lowest BCUT2D eigenvalue weighted by Crippen LogP contribution is -2.08. The third kappa shape index (κ3) is 3.97. The van der Waals surface area contributed by atoms with Crippen LogP contribution in [0.5, 0.6) is 11.5 Å². The number of carbonyl (C=O) groups is 2. The molecule has 0 atom stereocenters. The maximum Gasteiger partial charge on any atom is 0.379 e. The molecule has 2 heterocycles. The van der Waals surface area contributed by atoms with Crippen LogP contribution in [0.15, 0.2) is 76.0 Å². The van der Waals surface area contributed by atoms with Gasteiger partial charge in [0.25, 0.3) is 0 Å². The largest absolute Gasteiger partial charge is 0.493 e. The highest BCUT2D eigenvalue weighted by molar-refractivity contribution is 6.12. The second-order valence-corrected chi connectivity index (χ2v) is 6.12. The lowest BCUT2D eigenvalue weighted by molar-refractivity contribution is -0.129. The van der Waals surface area contributed by atoms with Crippen molar-refractivity contribution < 1.29 is 32.6 Å². The van der Waals surface area contributed by atoms with Gasteiger partial charge >= 0.3 is 11.9 Å². The van der Waals surface area contributed by atoms with Crippen molar-refractivity contribution in [3.8, 4) is 11.5 Å². The fraction of sp³-hybridized carbons (Fsp3) is 0.0455. The number of methoxy groups -OCH3 is 1. The van der Waals surface area contributed by atoms with E-state index in [1.807, 2.05) is 0 Å². The quantitative estimate of drug-likeness (QED) is 0.361. The van der Waals surface area contributed by atoms with Gasteiger partial charge in [-0.3, -0.25) is 0 Å². The van der Waals surface area contributed by atoms with Gasteiger partial charge in [-0.05, 0) is 60.2 Å². The maximum atomic E-state index is 13.1. The summed E-state index contributed by atoms with van der Waals surface area (Å²) in [6, 6.07) is 13.2. The summed E-state index contributed by atoms with van der Waals surface area (Å²) < 4.78 is 33.8. The van der Waals surface area contributed by atoms with E-state index in [2.05, 4.69) is 4.99 Å². The number of hydrogen-bond acceptors (Lipinski definition) is 7. The normalized spacial score (nSPS) is 14.4. The topological polar surface area (TPSA) is 87.3 Å². The highest BCUT2D eigenvalue weighted by Gasteiger charge is 2.24. The monoisotopic (exact) mass is 407 g/mol. The van der Waals surface area contributed by atoms with Crippen molar-refractivity contribution in [1.29, 1.82) is 0 Å². The Balaban J connectivity index is 1.58. The molecule has 2 aromatic carbocycles. The first-order chi connectivity index (χ1) is 14.5. The average molecular weight is 407 g/mol. The average Bonchev–Trinajstić information content (AvgIpc) is 3.40. The second kappa shape index (κ2) is 8.04. The molecule has 1 aromatic heterocycles. The van der Waals surface area contributed by atoms with Gasteiger partial charge in [0.05, 0.1) is 13.4 Å². The van der Waals surface area contributed by atoms with Crippen molar-refractivity contribution in [2.45, 2.75) is 0 Å². The van der Waals surface area contributed by atoms with Gasteiger partial charge in [-0.25, -0.2) is 19.0 Å². The maximum absolute atomic E-state index is 13.1. The lowest BCUT2D eigenvalue weighted by atomic mass is 10.1. The molecule has 0 aliphatic carbocycles. The molecule has 4 rings (SSSR count). The summed E-state index contributed by atoms with van der Waals surface area (Å²) in [6.45, 7) is 0. The molecule has 150 valence electrons. The molecule has 1 aliphatic rings. The third-order valence-electron chi connectivity index (χ3n) is 4.13. The molecular weight excluding hydrogens is 393 g/mol. The molecule has 3 aromatic rings. The van der Waals surface area contributed by atoms with E-state index in [9.17, 15) is 14.0 Å². The van der Waals surface area contributed by atoms with Crippen molar-refractivity contribution in [3.63, 3.8) is 0 Å². The van der Waals surface area contributed by atoms with Gasteiger partial charge in [-0.1, -0.05) is 6.07 Å². The zero-order valence-corrected chi connectivity index (χ0v) is 15.6. The van der Waals surface area contributed by atoms with Crippen LogP contribution in [0.3, 0.4) is 0 Å². The summed E-state index contributed by atoms with van der Waals surface area (Å²) in [6.07, 6.45) is 2.87. The molecule has 8 heteroatoms. The highest BCUT2D eigenvalue weighted by atomic mass is 19.1. The first-order valence-electron chi connectivity index (χ1n) is 8.76. The Morgan fingerprint density at radius 2 is 1.90 bits per heavy atom. The predicted octanol–water partition coefficient (Wildman–Crippen LogP) is 3.99. The van der Waals surface area contributed by atoms with Crippen LogP contribution >= 0.6 is 0 Å². The van der Waals surface area contributed by atoms with Gasteiger partial charge in [-0.2, -0.15) is 0 Å². The van der Waals surface area contributed by atoms with Gasteiger partial charge in [0.1, 0.15) is 5.82 Å². The van der Waals surface area contributed by atoms with Crippen LogP contribution in [0, 0.1) is 5.82 Å². The fourth-order valence-electron chi connectivity index (χ4n) is 2.69. The number of esters is 2. The van der Waals surface area contributed by atoms with Gasteiger partial charge in [-0.15, -0.1) is 0 Å². The summed E-state index contributed by atoms with van der Waals surface area (Å²) in [4.78, 5) is 28.4. The number of nitrogens with zero attached hydrogens (tertiary/aromatic N) is 1. The molecule has 0 saturated carbocycles. The number of hydrogen-bond donors (Lipinski definition) is 0. The second-order valence-electron chi connectivity index (χ2n) is 6.12. The molecule has 30 heavy (non-hydrogen) atoms. The number of rotatable bonds is 5. The minimum absolute atomic E-state index is 0.0552. The lowest BCUT2D eigenvalue weighted by Gasteiger charge is -2.09. The van der Waals surface area contributed by atoms with E-state index in [-0.39, 0.29) is 28.9 Å². The number of ether oxygens (including phenoxy) is 3. The molecule has 0 spiro atoms. The molecule has 7 nitrogen and oxygen atoms in total. The summed E-state index contributed by atoms with van der Waals surface area (Å²) >= 11 is 0. The molecule has 0 fully saturated rings. The van der Waals surface area contributed by atoms with E-state index in [0.29, 0.717) is 11.1 Å². The van der Waals surface area contributed by atoms with Crippen LogP contribution in [0.25, 0.3) is 6.08 Å². The molecule has 0 bridgehead atoms. The Bertz CT molecular complexity index is 1160. The number of furan rings is 1. The van der Waals surface area contributed by atoms with Crippen LogP contribution in [-0.4, -0.2) is 24.9 Å². The van der Waals surface area contributed by atoms with E-state index < -0.39 is 17.8 Å². The molecule has 0 amide bonds. The molecule has 1 aliphatic heterocycles. The molecule has 0 N–H and O–H groups in total. The third-order valence-corrected chi connectivity index (χ3v) is 4.13. The fourth-order valence-corrected chi connectivity index (χ4v) is 2.69. The van der Waals surface area contributed by atoms with Crippen molar-refractivity contribution >= 4 is 23.9 Å². The van der Waals surface area contributed by atoms with Crippen molar-refractivity contribution in [2.75, 3.05) is 7.11 Å². The van der Waals surface area contributed by atoms with Crippen LogP contribution < -0.4 is 9.47 Å². The Morgan fingerprint density at radius 1 is 1.10 bits per heavy atom. The van der Waals surface area contributed by atoms with Crippen LogP contribution in [0.4, 0.5) is 4.39 Å². The van der Waals surface area contributed by atoms with E-state index in [0.717, 1.165) is 0 Å². The van der Waals surface area contributed by atoms with Crippen molar-refractivity contribution in [2.24, 2.45) is 4.99 Å². The Hall–Kier alpha value is -4.20. The van der Waals surface area contributed by atoms with E-state index in [4.69, 9.17) is 18.6 Å². The predicted molar refractivity (Wildman–Crippen MR) is 104 cm³/mol. The van der Waals surface area contributed by atoms with E-state index in [1.54, 1.807) is 18.2 Å². The van der Waals surface area contributed by atoms with Crippen LogP contribution in [0.2, 0.25) is 0 Å². The summed E-state index contributed by atoms with van der Waals surface area (Å²) in [5.41, 5.74) is 1.11. The zero-order valence-electron chi connectivity index (χ0n) is 15.6. The Kier molecular flexibility index (Phi) is 5.13. The zero-order chi connectivity index (χ0) is 21.1. The van der Waals surface area contributed by atoms with E-state index in [1.165, 1.54) is 55.8 Å². The van der Waals surface area contributed by atoms with Gasteiger partial charge in [0.2, 0.25) is 11.7 Å². The van der Waals surface area contributed by atoms with Crippen molar-refractivity contribution in [1.82, 2.24) is 0 Å². The minimum Gasteiger partial charge on any atom is -0.493 e. The van der Waals surface area contributed by atoms with Gasteiger partial charge in [0.15, 0.2) is 17.2 Å². The number of carbonyl (C=O) groups excluding carboxylic acids is 2. The number of aliphatic imine (C=N–C) groups is 1. The molecular formula is C22H14FNO6. The first kappa shape index (κ1) is 19.1. The molecule has 0 radical (unpaired) electrons. The van der Waals surface area contributed by atoms with E-state index >= 15 is 0 Å². The van der Waals surface area contributed by atoms with Gasteiger partial charge < -0.3 is 18.6 Å². The standard InChI is InChI=1S/C22H14FNO6/c1-27-19-12-13(4-9-17(19)29-22(26)18-3-2-10-28-18)11-16-21(25)30-20(24-16)14-5-7-15(23)8-6-14/h2-12H,1H3/b16-11+. The SMILES string of the molecule is COc1cc(/C=C2/N=C(c3ccc(F)cc3)OC2=O)ccc1OC(=O)c1ccco1. The Labute approximate surface area is 170 Å². The number of benzene rings is 2. The number of halogens is 1. The minimum atomic E-state index is -0.669. The van der Waals surface area contributed by atoms with Crippen LogP contribution in [0.1, 0.15) is 21.7 Å². The first-order valence-corrected chi connectivity index (χ1v) is 8.76. The Morgan fingerprint density at radius 3 is 2.60 bits per heavy atom.